The molecular weight excluding hydrogens is 381 g/mol. The Morgan fingerprint density at radius 3 is 2.44 bits per heavy atom. The molecule has 5 nitrogen and oxygen atoms in total. The molecule has 1 aromatic heterocycles. The van der Waals surface area contributed by atoms with Crippen LogP contribution in [0.5, 0.6) is 5.75 Å². The molecule has 3 rings (SSSR count). The fourth-order valence-electron chi connectivity index (χ4n) is 2.43. The molecule has 1 N–H and O–H groups in total. The van der Waals surface area contributed by atoms with Crippen LogP contribution in [0.2, 0.25) is 0 Å². The zero-order chi connectivity index (χ0) is 19.7. The number of nitrogens with zero attached hydrogens (tertiary/aromatic N) is 1. The van der Waals surface area contributed by atoms with Gasteiger partial charge in [-0.3, -0.25) is 0 Å². The summed E-state index contributed by atoms with van der Waals surface area (Å²) in [6.45, 7) is 0. The van der Waals surface area contributed by atoms with E-state index >= 15 is 0 Å². The summed E-state index contributed by atoms with van der Waals surface area (Å²) in [5.74, 6) is -0.554. The summed E-state index contributed by atoms with van der Waals surface area (Å²) in [6, 6.07) is 12.2. The monoisotopic (exact) mass is 392 g/mol. The Morgan fingerprint density at radius 1 is 1.11 bits per heavy atom. The first kappa shape index (κ1) is 18.5. The van der Waals surface area contributed by atoms with E-state index in [0.29, 0.717) is 5.56 Å². The third-order valence-corrected chi connectivity index (χ3v) is 5.32. The van der Waals surface area contributed by atoms with Crippen LogP contribution < -0.4 is 4.74 Å². The van der Waals surface area contributed by atoms with Crippen molar-refractivity contribution in [2.24, 2.45) is 0 Å². The van der Waals surface area contributed by atoms with Crippen molar-refractivity contribution in [2.45, 2.75) is 11.3 Å². The summed E-state index contributed by atoms with van der Waals surface area (Å²) >= 11 is 0. The third-order valence-electron chi connectivity index (χ3n) is 3.64. The van der Waals surface area contributed by atoms with Crippen LogP contribution in [0.1, 0.15) is 5.56 Å². The number of hydrogen-bond acceptors (Lipinski definition) is 4. The van der Waals surface area contributed by atoms with Crippen molar-refractivity contribution in [3.63, 3.8) is 0 Å². The van der Waals surface area contributed by atoms with Gasteiger partial charge >= 0.3 is 6.36 Å². The largest absolute Gasteiger partial charge is 0.573 e. The predicted molar refractivity (Wildman–Crippen MR) is 92.2 cm³/mol. The summed E-state index contributed by atoms with van der Waals surface area (Å²) < 4.78 is 65.5. The Bertz CT molecular complexity index is 1160. The molecule has 2 aromatic carbocycles. The van der Waals surface area contributed by atoms with Gasteiger partial charge in [0.2, 0.25) is 9.84 Å². The minimum Gasteiger partial charge on any atom is -0.406 e. The molecule has 27 heavy (non-hydrogen) atoms. The lowest BCUT2D eigenvalue weighted by molar-refractivity contribution is -0.274. The standard InChI is InChI=1S/C18H11F3N2O3S/c19-18(20,21)26-14-2-4-15(5-3-14)27(24,25)16(11-22)10-12-1-6-17-13(9-12)7-8-23-17/h1-10,23H. The van der Waals surface area contributed by atoms with Crippen molar-refractivity contribution < 1.29 is 26.3 Å². The number of H-pyrrole nitrogens is 1. The van der Waals surface area contributed by atoms with Gasteiger partial charge in [0.15, 0.2) is 0 Å². The third kappa shape index (κ3) is 4.12. The van der Waals surface area contributed by atoms with Gasteiger partial charge in [-0.05, 0) is 59.5 Å². The molecule has 0 atom stereocenters. The number of fused-ring (bicyclic) bond motifs is 1. The van der Waals surface area contributed by atoms with Gasteiger partial charge in [-0.2, -0.15) is 5.26 Å². The Hall–Kier alpha value is -3.25. The second-order valence-corrected chi connectivity index (χ2v) is 7.39. The van der Waals surface area contributed by atoms with Gasteiger partial charge in [0.25, 0.3) is 0 Å². The van der Waals surface area contributed by atoms with Crippen LogP contribution in [0.15, 0.2) is 64.5 Å². The number of ether oxygens (including phenoxy) is 1. The SMILES string of the molecule is N#CC(=Cc1ccc2[nH]ccc2c1)S(=O)(=O)c1ccc(OC(F)(F)F)cc1. The van der Waals surface area contributed by atoms with Crippen LogP contribution in [-0.4, -0.2) is 19.8 Å². The number of alkyl halides is 3. The van der Waals surface area contributed by atoms with E-state index in [1.54, 1.807) is 36.5 Å². The van der Waals surface area contributed by atoms with Gasteiger partial charge in [0, 0.05) is 11.7 Å². The Kier molecular flexibility index (Phi) is 4.68. The molecule has 0 radical (unpaired) electrons. The zero-order valence-corrected chi connectivity index (χ0v) is 14.3. The van der Waals surface area contributed by atoms with E-state index < -0.39 is 26.9 Å². The molecule has 0 bridgehead atoms. The number of sulfone groups is 1. The summed E-state index contributed by atoms with van der Waals surface area (Å²) in [5.41, 5.74) is 1.35. The van der Waals surface area contributed by atoms with E-state index in [9.17, 15) is 26.9 Å². The van der Waals surface area contributed by atoms with Gasteiger partial charge in [-0.1, -0.05) is 6.07 Å². The normalized spacial score (nSPS) is 12.7. The first-order valence-corrected chi connectivity index (χ1v) is 8.97. The van der Waals surface area contributed by atoms with Gasteiger partial charge in [0.05, 0.1) is 4.90 Å². The number of benzene rings is 2. The lowest BCUT2D eigenvalue weighted by Crippen LogP contribution is -2.17. The Labute approximate surface area is 152 Å². The zero-order valence-electron chi connectivity index (χ0n) is 13.5. The smallest absolute Gasteiger partial charge is 0.406 e. The molecule has 0 amide bonds. The van der Waals surface area contributed by atoms with E-state index in [1.807, 2.05) is 0 Å². The number of aromatic amines is 1. The molecule has 9 heteroatoms. The number of hydrogen-bond donors (Lipinski definition) is 1. The number of nitrogens with one attached hydrogen (secondary N) is 1. The minimum atomic E-state index is -4.88. The van der Waals surface area contributed by atoms with Crippen LogP contribution >= 0.6 is 0 Å². The maximum atomic E-state index is 12.6. The highest BCUT2D eigenvalue weighted by molar-refractivity contribution is 7.95. The molecule has 0 aliphatic heterocycles. The number of allylic oxidation sites excluding steroid dienone is 1. The van der Waals surface area contributed by atoms with Crippen molar-refractivity contribution in [3.8, 4) is 11.8 Å². The van der Waals surface area contributed by atoms with Crippen LogP contribution in [-0.2, 0) is 9.84 Å². The first-order chi connectivity index (χ1) is 12.7. The fourth-order valence-corrected chi connectivity index (χ4v) is 3.59. The van der Waals surface area contributed by atoms with E-state index in [-0.39, 0.29) is 4.90 Å². The van der Waals surface area contributed by atoms with E-state index in [1.165, 1.54) is 6.08 Å². The van der Waals surface area contributed by atoms with Crippen LogP contribution in [0, 0.1) is 11.3 Å². The van der Waals surface area contributed by atoms with Crippen molar-refractivity contribution in [2.75, 3.05) is 0 Å². The first-order valence-electron chi connectivity index (χ1n) is 7.49. The van der Waals surface area contributed by atoms with E-state index in [2.05, 4.69) is 9.72 Å². The lowest BCUT2D eigenvalue weighted by Gasteiger charge is -2.09. The van der Waals surface area contributed by atoms with Crippen molar-refractivity contribution in [1.82, 2.24) is 4.98 Å². The molecule has 0 unspecified atom stereocenters. The van der Waals surface area contributed by atoms with Gasteiger partial charge in [-0.25, -0.2) is 8.42 Å². The molecule has 0 saturated heterocycles. The second-order valence-electron chi connectivity index (χ2n) is 5.47. The molecule has 0 saturated carbocycles. The highest BCUT2D eigenvalue weighted by Gasteiger charge is 2.31. The van der Waals surface area contributed by atoms with E-state index in [4.69, 9.17) is 0 Å². The molecule has 0 fully saturated rings. The highest BCUT2D eigenvalue weighted by Crippen LogP contribution is 2.27. The van der Waals surface area contributed by atoms with Crippen molar-refractivity contribution in [3.05, 3.63) is 65.2 Å². The molecular formula is C18H11F3N2O3S. The molecule has 0 spiro atoms. The van der Waals surface area contributed by atoms with Gasteiger partial charge in [0.1, 0.15) is 16.7 Å². The number of rotatable bonds is 4. The minimum absolute atomic E-state index is 0.312. The molecule has 3 aromatic rings. The van der Waals surface area contributed by atoms with Gasteiger partial charge < -0.3 is 9.72 Å². The maximum Gasteiger partial charge on any atom is 0.573 e. The van der Waals surface area contributed by atoms with Crippen LogP contribution in [0.3, 0.4) is 0 Å². The summed E-state index contributed by atoms with van der Waals surface area (Å²) in [4.78, 5) is 2.16. The quantitative estimate of drug-likeness (QED) is 0.667. The van der Waals surface area contributed by atoms with Gasteiger partial charge in [-0.15, -0.1) is 13.2 Å². The number of aromatic nitrogens is 1. The number of nitriles is 1. The summed E-state index contributed by atoms with van der Waals surface area (Å²) in [5, 5.41) is 10.1. The lowest BCUT2D eigenvalue weighted by atomic mass is 10.1. The molecule has 1 heterocycles. The Morgan fingerprint density at radius 2 is 1.81 bits per heavy atom. The summed E-state index contributed by atoms with van der Waals surface area (Å²) in [7, 11) is -4.19. The van der Waals surface area contributed by atoms with E-state index in [0.717, 1.165) is 35.2 Å². The molecule has 0 aliphatic rings. The van der Waals surface area contributed by atoms with Crippen molar-refractivity contribution >= 4 is 26.8 Å². The highest BCUT2D eigenvalue weighted by atomic mass is 32.2. The average Bonchev–Trinajstić information content (AvgIpc) is 3.06. The number of halogens is 3. The van der Waals surface area contributed by atoms with Crippen LogP contribution in [0.25, 0.3) is 17.0 Å². The van der Waals surface area contributed by atoms with Crippen molar-refractivity contribution in [1.29, 1.82) is 5.26 Å². The second kappa shape index (κ2) is 6.81. The fraction of sp³-hybridized carbons (Fsp3) is 0.0556. The predicted octanol–water partition coefficient (Wildman–Crippen LogP) is 4.40. The van der Waals surface area contributed by atoms with Crippen LogP contribution in [0.4, 0.5) is 13.2 Å². The Balaban J connectivity index is 1.94. The maximum absolute atomic E-state index is 12.6. The summed E-state index contributed by atoms with van der Waals surface area (Å²) in [6.07, 6.45) is -1.94. The average molecular weight is 392 g/mol. The molecule has 138 valence electrons. The topological polar surface area (TPSA) is 83.0 Å². The molecule has 0 aliphatic carbocycles.